The predicted molar refractivity (Wildman–Crippen MR) is 137 cm³/mol. The molecule has 4 aromatic heterocycles. The molecule has 1 aliphatic heterocycles. The van der Waals surface area contributed by atoms with Crippen LogP contribution in [0, 0.1) is 19.8 Å². The molecule has 0 aromatic carbocycles. The second-order valence-electron chi connectivity index (χ2n) is 10.3. The van der Waals surface area contributed by atoms with Crippen molar-refractivity contribution in [3.05, 3.63) is 35.9 Å². The van der Waals surface area contributed by atoms with Gasteiger partial charge < -0.3 is 10.3 Å². The Labute approximate surface area is 217 Å². The SMILES string of the molecule is CC1CCN(C2CCC2)CC1(F)F.Cc1nc(N)nn2ccc(-c3ccc4nc(C)n(CC(F)F)c4n3)c12. The number of alkyl halides is 4. The third kappa shape index (κ3) is 5.05. The smallest absolute Gasteiger partial charge is 0.263 e. The lowest BCUT2D eigenvalue weighted by molar-refractivity contribution is -0.119. The Balaban J connectivity index is 0.000000190. The lowest BCUT2D eigenvalue weighted by Gasteiger charge is -2.44. The first-order valence-corrected chi connectivity index (χ1v) is 12.9. The number of piperidine rings is 1. The summed E-state index contributed by atoms with van der Waals surface area (Å²) in [6.45, 7) is 5.63. The summed E-state index contributed by atoms with van der Waals surface area (Å²) >= 11 is 0. The van der Waals surface area contributed by atoms with Crippen molar-refractivity contribution in [2.24, 2.45) is 5.92 Å². The zero-order chi connectivity index (χ0) is 27.2. The van der Waals surface area contributed by atoms with Crippen LogP contribution in [0.3, 0.4) is 0 Å². The number of nitrogens with zero attached hydrogens (tertiary/aromatic N) is 7. The topological polar surface area (TPSA) is 90.2 Å². The molecule has 0 amide bonds. The van der Waals surface area contributed by atoms with Gasteiger partial charge in [-0.25, -0.2) is 37.0 Å². The number of nitrogen functional groups attached to an aromatic ring is 1. The molecule has 1 saturated carbocycles. The summed E-state index contributed by atoms with van der Waals surface area (Å²) in [6.07, 6.45) is 3.43. The van der Waals surface area contributed by atoms with Crippen molar-refractivity contribution in [3.63, 3.8) is 0 Å². The highest BCUT2D eigenvalue weighted by Crippen LogP contribution is 2.36. The first kappa shape index (κ1) is 26.3. The normalized spacial score (nSPS) is 20.1. The monoisotopic (exact) mass is 532 g/mol. The standard InChI is InChI=1S/C16H15F2N7.C10H17F2N/c1-8-14-10(5-6-25(14)23-16(19)20-8)11-3-4-12-15(22-11)24(7-13(17)18)9(2)21-12;1-8-5-6-13(7-10(8,11)12)9-3-2-4-9/h3-6,13H,7H2,1-2H3,(H2,19,23);8-9H,2-7H2,1H3. The number of nitrogens with two attached hydrogens (primary N) is 1. The number of hydrogen-bond donors (Lipinski definition) is 1. The van der Waals surface area contributed by atoms with E-state index in [0.29, 0.717) is 40.8 Å². The van der Waals surface area contributed by atoms with Gasteiger partial charge in [-0.05, 0) is 57.9 Å². The van der Waals surface area contributed by atoms with E-state index < -0.39 is 24.8 Å². The molecule has 38 heavy (non-hydrogen) atoms. The number of rotatable bonds is 4. The summed E-state index contributed by atoms with van der Waals surface area (Å²) in [5, 5.41) is 4.14. The highest BCUT2D eigenvalue weighted by Gasteiger charge is 2.44. The van der Waals surface area contributed by atoms with Gasteiger partial charge in [0.15, 0.2) is 5.65 Å². The highest BCUT2D eigenvalue weighted by atomic mass is 19.3. The number of aryl methyl sites for hydroxylation is 2. The third-order valence-corrected chi connectivity index (χ3v) is 7.66. The van der Waals surface area contributed by atoms with Gasteiger partial charge in [0.2, 0.25) is 5.95 Å². The Morgan fingerprint density at radius 2 is 1.84 bits per heavy atom. The summed E-state index contributed by atoms with van der Waals surface area (Å²) in [6, 6.07) is 5.92. The molecular weight excluding hydrogens is 500 g/mol. The van der Waals surface area contributed by atoms with Crippen LogP contribution >= 0.6 is 0 Å². The molecule has 0 spiro atoms. The van der Waals surface area contributed by atoms with Crippen LogP contribution in [0.5, 0.6) is 0 Å². The molecule has 1 unspecified atom stereocenters. The maximum Gasteiger partial charge on any atom is 0.263 e. The molecule has 0 radical (unpaired) electrons. The summed E-state index contributed by atoms with van der Waals surface area (Å²) in [7, 11) is 0. The van der Waals surface area contributed by atoms with E-state index in [1.54, 1.807) is 30.6 Å². The van der Waals surface area contributed by atoms with Gasteiger partial charge in [-0.2, -0.15) is 0 Å². The number of halogens is 4. The van der Waals surface area contributed by atoms with E-state index in [2.05, 4.69) is 20.1 Å². The van der Waals surface area contributed by atoms with Gasteiger partial charge in [-0.1, -0.05) is 13.3 Å². The fraction of sp³-hybridized carbons (Fsp3) is 0.538. The third-order valence-electron chi connectivity index (χ3n) is 7.66. The Morgan fingerprint density at radius 1 is 1.08 bits per heavy atom. The molecule has 8 nitrogen and oxygen atoms in total. The summed E-state index contributed by atoms with van der Waals surface area (Å²) < 4.78 is 55.5. The van der Waals surface area contributed by atoms with Crippen molar-refractivity contribution in [2.75, 3.05) is 18.8 Å². The second-order valence-corrected chi connectivity index (χ2v) is 10.3. The average Bonchev–Trinajstić information content (AvgIpc) is 3.36. The molecule has 4 aromatic rings. The minimum absolute atomic E-state index is 0.00116. The zero-order valence-corrected chi connectivity index (χ0v) is 21.7. The van der Waals surface area contributed by atoms with Gasteiger partial charge in [-0.3, -0.25) is 4.90 Å². The van der Waals surface area contributed by atoms with Gasteiger partial charge in [0.1, 0.15) is 11.3 Å². The van der Waals surface area contributed by atoms with Gasteiger partial charge in [-0.15, -0.1) is 5.10 Å². The molecule has 204 valence electrons. The molecule has 5 heterocycles. The first-order valence-electron chi connectivity index (χ1n) is 12.9. The van der Waals surface area contributed by atoms with E-state index in [1.807, 2.05) is 24.0 Å². The van der Waals surface area contributed by atoms with Crippen LogP contribution in [0.2, 0.25) is 0 Å². The lowest BCUT2D eigenvalue weighted by Crippen LogP contribution is -2.53. The van der Waals surface area contributed by atoms with Gasteiger partial charge in [0, 0.05) is 23.7 Å². The number of pyridine rings is 1. The number of anilines is 1. The largest absolute Gasteiger partial charge is 0.367 e. The number of likely N-dealkylation sites (tertiary alicyclic amines) is 1. The van der Waals surface area contributed by atoms with Crippen LogP contribution in [-0.2, 0) is 6.54 Å². The van der Waals surface area contributed by atoms with E-state index in [0.717, 1.165) is 30.5 Å². The average molecular weight is 533 g/mol. The van der Waals surface area contributed by atoms with E-state index in [9.17, 15) is 17.6 Å². The van der Waals surface area contributed by atoms with Crippen molar-refractivity contribution in [3.8, 4) is 11.3 Å². The molecule has 2 N–H and O–H groups in total. The van der Waals surface area contributed by atoms with Crippen molar-refractivity contribution in [2.45, 2.75) is 71.4 Å². The predicted octanol–water partition coefficient (Wildman–Crippen LogP) is 5.12. The molecule has 12 heteroatoms. The molecule has 2 fully saturated rings. The minimum atomic E-state index is -2.48. The highest BCUT2D eigenvalue weighted by molar-refractivity contribution is 5.84. The summed E-state index contributed by atoms with van der Waals surface area (Å²) in [5.74, 6) is -2.19. The first-order chi connectivity index (χ1) is 18.0. The number of imidazole rings is 1. The zero-order valence-electron chi connectivity index (χ0n) is 21.7. The van der Waals surface area contributed by atoms with Gasteiger partial charge >= 0.3 is 0 Å². The van der Waals surface area contributed by atoms with Crippen molar-refractivity contribution in [1.82, 2.24) is 34.0 Å². The molecule has 0 bridgehead atoms. The summed E-state index contributed by atoms with van der Waals surface area (Å²) in [4.78, 5) is 15.0. The maximum absolute atomic E-state index is 13.3. The maximum atomic E-state index is 13.3. The Kier molecular flexibility index (Phi) is 7.01. The van der Waals surface area contributed by atoms with Gasteiger partial charge in [0.25, 0.3) is 12.3 Å². The van der Waals surface area contributed by atoms with E-state index >= 15 is 0 Å². The van der Waals surface area contributed by atoms with Crippen LogP contribution in [0.25, 0.3) is 27.9 Å². The second kappa shape index (κ2) is 10.1. The Morgan fingerprint density at radius 3 is 2.50 bits per heavy atom. The molecular formula is C26H32F4N8. The quantitative estimate of drug-likeness (QED) is 0.367. The van der Waals surface area contributed by atoms with Crippen LogP contribution < -0.4 is 5.73 Å². The molecule has 1 aliphatic carbocycles. The van der Waals surface area contributed by atoms with Crippen LogP contribution in [0.1, 0.15) is 44.1 Å². The van der Waals surface area contributed by atoms with Crippen molar-refractivity contribution < 1.29 is 17.6 Å². The van der Waals surface area contributed by atoms with Crippen molar-refractivity contribution >= 4 is 22.6 Å². The Bertz CT molecular complexity index is 1440. The molecule has 2 aliphatic rings. The molecule has 1 atom stereocenters. The number of aromatic nitrogens is 6. The van der Waals surface area contributed by atoms with E-state index in [-0.39, 0.29) is 12.5 Å². The molecule has 6 rings (SSSR count). The number of hydrogen-bond acceptors (Lipinski definition) is 6. The van der Waals surface area contributed by atoms with Crippen LogP contribution in [0.4, 0.5) is 23.5 Å². The van der Waals surface area contributed by atoms with E-state index in [4.69, 9.17) is 5.73 Å². The van der Waals surface area contributed by atoms with Crippen LogP contribution in [-0.4, -0.2) is 65.5 Å². The fourth-order valence-corrected chi connectivity index (χ4v) is 5.19. The molecule has 1 saturated heterocycles. The Hall–Kier alpha value is -3.28. The van der Waals surface area contributed by atoms with Crippen LogP contribution in [0.15, 0.2) is 24.4 Å². The number of fused-ring (bicyclic) bond motifs is 2. The summed E-state index contributed by atoms with van der Waals surface area (Å²) in [5.41, 5.74) is 9.63. The fourth-order valence-electron chi connectivity index (χ4n) is 5.19. The lowest BCUT2D eigenvalue weighted by atomic mass is 9.87. The van der Waals surface area contributed by atoms with Crippen molar-refractivity contribution in [1.29, 1.82) is 0 Å². The van der Waals surface area contributed by atoms with E-state index in [1.165, 1.54) is 11.0 Å². The minimum Gasteiger partial charge on any atom is -0.367 e. The van der Waals surface area contributed by atoms with Gasteiger partial charge in [0.05, 0.1) is 30.0 Å².